The summed E-state index contributed by atoms with van der Waals surface area (Å²) in [6.07, 6.45) is 3.25. The normalized spacial score (nSPS) is 29.8. The van der Waals surface area contributed by atoms with Crippen LogP contribution in [0.5, 0.6) is 0 Å². The van der Waals surface area contributed by atoms with E-state index in [1.54, 1.807) is 0 Å². The van der Waals surface area contributed by atoms with Crippen LogP contribution in [0.25, 0.3) is 0 Å². The lowest BCUT2D eigenvalue weighted by molar-refractivity contribution is 0.831. The van der Waals surface area contributed by atoms with Crippen LogP contribution < -0.4 is 0 Å². The molecular weight excluding hydrogens is 120 g/mol. The van der Waals surface area contributed by atoms with E-state index >= 15 is 0 Å². The van der Waals surface area contributed by atoms with Crippen molar-refractivity contribution in [3.8, 4) is 0 Å². The summed E-state index contributed by atoms with van der Waals surface area (Å²) in [7, 11) is 0. The van der Waals surface area contributed by atoms with Gasteiger partial charge in [-0.1, -0.05) is 25.8 Å². The summed E-state index contributed by atoms with van der Waals surface area (Å²) in [6.45, 7) is 11.9. The third kappa shape index (κ3) is 0.469. The number of allylic oxidation sites excluding steroid dienone is 5. The minimum absolute atomic E-state index is 0.502. The molecule has 2 aliphatic carbocycles. The summed E-state index contributed by atoms with van der Waals surface area (Å²) < 4.78 is 0. The smallest absolute Gasteiger partial charge is 0.0124 e. The van der Waals surface area contributed by atoms with E-state index in [2.05, 4.69) is 25.8 Å². The highest BCUT2D eigenvalue weighted by atomic mass is 14.4. The molecule has 50 valence electrons. The van der Waals surface area contributed by atoms with Crippen molar-refractivity contribution in [3.05, 3.63) is 48.1 Å². The van der Waals surface area contributed by atoms with Gasteiger partial charge in [-0.2, -0.15) is 0 Å². The van der Waals surface area contributed by atoms with Gasteiger partial charge in [0.2, 0.25) is 0 Å². The van der Waals surface area contributed by atoms with Gasteiger partial charge in [0.05, 0.1) is 0 Å². The van der Waals surface area contributed by atoms with Crippen LogP contribution in [0.4, 0.5) is 0 Å². The quantitative estimate of drug-likeness (QED) is 0.473. The maximum absolute atomic E-state index is 3.97. The zero-order chi connectivity index (χ0) is 7.30. The Kier molecular flexibility index (Phi) is 0.866. The fraction of sp³-hybridized carbons (Fsp3) is 0.200. The van der Waals surface area contributed by atoms with Crippen molar-refractivity contribution in [2.75, 3.05) is 0 Å². The SMILES string of the molecule is C=C1C(=C)C2CC1=CC2=C. The first-order valence-corrected chi connectivity index (χ1v) is 3.48. The van der Waals surface area contributed by atoms with E-state index in [9.17, 15) is 0 Å². The first-order chi connectivity index (χ1) is 4.70. The van der Waals surface area contributed by atoms with Crippen LogP contribution in [0.3, 0.4) is 0 Å². The standard InChI is InChI=1S/C10H10/c1-6-4-9-5-10(6)8(3)7(9)2/h4,10H,1-3,5H2. The van der Waals surface area contributed by atoms with E-state index in [0.29, 0.717) is 5.92 Å². The molecule has 0 saturated heterocycles. The maximum atomic E-state index is 3.97. The Hall–Kier alpha value is -1.04. The fourth-order valence-electron chi connectivity index (χ4n) is 1.71. The highest BCUT2D eigenvalue weighted by molar-refractivity contribution is 5.61. The lowest BCUT2D eigenvalue weighted by Crippen LogP contribution is -1.96. The second kappa shape index (κ2) is 1.51. The molecule has 0 amide bonds. The second-order valence-corrected chi connectivity index (χ2v) is 3.00. The van der Waals surface area contributed by atoms with Gasteiger partial charge in [-0.15, -0.1) is 0 Å². The molecule has 1 saturated carbocycles. The summed E-state index contributed by atoms with van der Waals surface area (Å²) in [5.41, 5.74) is 4.90. The van der Waals surface area contributed by atoms with Gasteiger partial charge in [-0.3, -0.25) is 0 Å². The minimum atomic E-state index is 0.502. The first-order valence-electron chi connectivity index (χ1n) is 3.48. The number of hydrogen-bond donors (Lipinski definition) is 0. The first kappa shape index (κ1) is 5.72. The van der Waals surface area contributed by atoms with Crippen molar-refractivity contribution in [2.45, 2.75) is 6.42 Å². The number of rotatable bonds is 0. The second-order valence-electron chi connectivity index (χ2n) is 3.00. The Morgan fingerprint density at radius 2 is 2.00 bits per heavy atom. The lowest BCUT2D eigenvalue weighted by Gasteiger charge is -2.10. The van der Waals surface area contributed by atoms with Gasteiger partial charge in [0, 0.05) is 5.92 Å². The molecule has 0 aliphatic heterocycles. The van der Waals surface area contributed by atoms with Crippen LogP contribution in [0, 0.1) is 5.92 Å². The van der Waals surface area contributed by atoms with E-state index in [0.717, 1.165) is 12.0 Å². The van der Waals surface area contributed by atoms with Crippen molar-refractivity contribution < 1.29 is 0 Å². The van der Waals surface area contributed by atoms with Crippen molar-refractivity contribution in [3.63, 3.8) is 0 Å². The van der Waals surface area contributed by atoms with Crippen LogP contribution in [-0.2, 0) is 0 Å². The van der Waals surface area contributed by atoms with Crippen LogP contribution in [-0.4, -0.2) is 0 Å². The average Bonchev–Trinajstić information content (AvgIpc) is 2.36. The molecule has 2 aliphatic rings. The molecule has 0 aromatic carbocycles. The van der Waals surface area contributed by atoms with Crippen LogP contribution in [0.2, 0.25) is 0 Å². The van der Waals surface area contributed by atoms with Crippen LogP contribution in [0.15, 0.2) is 48.1 Å². The Balaban J connectivity index is 2.58. The van der Waals surface area contributed by atoms with E-state index in [4.69, 9.17) is 0 Å². The molecule has 0 heteroatoms. The van der Waals surface area contributed by atoms with Gasteiger partial charge in [0.25, 0.3) is 0 Å². The van der Waals surface area contributed by atoms with Crippen molar-refractivity contribution in [1.82, 2.24) is 0 Å². The molecular formula is C10H10. The zero-order valence-corrected chi connectivity index (χ0v) is 5.98. The van der Waals surface area contributed by atoms with Gasteiger partial charge in [-0.25, -0.2) is 0 Å². The summed E-state index contributed by atoms with van der Waals surface area (Å²) >= 11 is 0. The van der Waals surface area contributed by atoms with Gasteiger partial charge < -0.3 is 0 Å². The molecule has 2 rings (SSSR count). The monoisotopic (exact) mass is 130 g/mol. The summed E-state index contributed by atoms with van der Waals surface area (Å²) in [5.74, 6) is 0.502. The van der Waals surface area contributed by atoms with Gasteiger partial charge in [0.1, 0.15) is 0 Å². The predicted molar refractivity (Wildman–Crippen MR) is 43.6 cm³/mol. The molecule has 10 heavy (non-hydrogen) atoms. The topological polar surface area (TPSA) is 0 Å². The largest absolute Gasteiger partial charge is 0.0952 e. The molecule has 0 heterocycles. The minimum Gasteiger partial charge on any atom is -0.0952 e. The maximum Gasteiger partial charge on any atom is 0.0124 e. The molecule has 0 aromatic rings. The molecule has 1 unspecified atom stereocenters. The zero-order valence-electron chi connectivity index (χ0n) is 5.98. The van der Waals surface area contributed by atoms with Gasteiger partial charge >= 0.3 is 0 Å². The molecule has 0 N–H and O–H groups in total. The summed E-state index contributed by atoms with van der Waals surface area (Å²) in [6, 6.07) is 0. The van der Waals surface area contributed by atoms with Crippen molar-refractivity contribution in [2.24, 2.45) is 5.92 Å². The van der Waals surface area contributed by atoms with E-state index in [1.165, 1.54) is 16.7 Å². The average molecular weight is 130 g/mol. The summed E-state index contributed by atoms with van der Waals surface area (Å²) in [5, 5.41) is 0. The third-order valence-electron chi connectivity index (χ3n) is 2.43. The molecule has 0 aromatic heterocycles. The Labute approximate surface area is 61.3 Å². The van der Waals surface area contributed by atoms with E-state index in [-0.39, 0.29) is 0 Å². The lowest BCUT2D eigenvalue weighted by atomic mass is 9.94. The molecule has 0 spiro atoms. The van der Waals surface area contributed by atoms with Crippen molar-refractivity contribution >= 4 is 0 Å². The van der Waals surface area contributed by atoms with Crippen LogP contribution >= 0.6 is 0 Å². The fourth-order valence-corrected chi connectivity index (χ4v) is 1.71. The highest BCUT2D eigenvalue weighted by Crippen LogP contribution is 2.48. The van der Waals surface area contributed by atoms with Crippen LogP contribution in [0.1, 0.15) is 6.42 Å². The number of fused-ring (bicyclic) bond motifs is 2. The highest BCUT2D eigenvalue weighted by Gasteiger charge is 2.33. The molecule has 2 bridgehead atoms. The molecule has 1 fully saturated rings. The Morgan fingerprint density at radius 3 is 2.40 bits per heavy atom. The van der Waals surface area contributed by atoms with E-state index in [1.807, 2.05) is 0 Å². The van der Waals surface area contributed by atoms with Gasteiger partial charge in [0.15, 0.2) is 0 Å². The number of hydrogen-bond acceptors (Lipinski definition) is 0. The Bertz CT molecular complexity index is 276. The Morgan fingerprint density at radius 1 is 1.30 bits per heavy atom. The summed E-state index contributed by atoms with van der Waals surface area (Å²) in [4.78, 5) is 0. The van der Waals surface area contributed by atoms with E-state index < -0.39 is 0 Å². The van der Waals surface area contributed by atoms with Crippen molar-refractivity contribution in [1.29, 1.82) is 0 Å². The van der Waals surface area contributed by atoms with Gasteiger partial charge in [-0.05, 0) is 28.7 Å². The molecule has 1 atom stereocenters. The third-order valence-corrected chi connectivity index (χ3v) is 2.43. The predicted octanol–water partition coefficient (Wildman–Crippen LogP) is 2.61. The molecule has 0 nitrogen and oxygen atoms in total. The molecule has 0 radical (unpaired) electrons.